The Morgan fingerprint density at radius 3 is 2.48 bits per heavy atom. The minimum Gasteiger partial charge on any atom is -0.510 e. The number of allylic oxidation sites excluding steroid dienone is 1. The van der Waals surface area contributed by atoms with Crippen LogP contribution in [0.15, 0.2) is 51.1 Å². The summed E-state index contributed by atoms with van der Waals surface area (Å²) >= 11 is 6.85. The van der Waals surface area contributed by atoms with E-state index in [1.54, 1.807) is 45.3 Å². The Morgan fingerprint density at radius 2 is 1.89 bits per heavy atom. The number of likely N-dealkylation sites (N-methyl/N-ethyl adjacent to an activating group) is 1. The summed E-state index contributed by atoms with van der Waals surface area (Å²) in [7, 11) is 3.22. The van der Waals surface area contributed by atoms with Gasteiger partial charge in [-0.25, -0.2) is 4.99 Å². The molecule has 0 saturated carbocycles. The standard InChI is InChI=1S/C18H16ClN3O4S/c1-8-11-13(23)12(15(24)20-10-6-4-9(19)5-7-10)16(25)21-17(11)27-14(8)18(26)22(2)3/h4-7,11,23H,1-3H3,(H,20,24). The van der Waals surface area contributed by atoms with Crippen molar-refractivity contribution >= 4 is 51.8 Å². The molecule has 2 heterocycles. The van der Waals surface area contributed by atoms with Crippen LogP contribution < -0.4 is 5.32 Å². The summed E-state index contributed by atoms with van der Waals surface area (Å²) in [4.78, 5) is 42.9. The number of hydrogen-bond donors (Lipinski definition) is 2. The Labute approximate surface area is 164 Å². The number of carbonyl (C=O) groups excluding carboxylic acids is 3. The van der Waals surface area contributed by atoms with Gasteiger partial charge in [-0.15, -0.1) is 0 Å². The zero-order valence-corrected chi connectivity index (χ0v) is 16.3. The van der Waals surface area contributed by atoms with Gasteiger partial charge in [0.25, 0.3) is 17.7 Å². The minimum absolute atomic E-state index is 0.248. The van der Waals surface area contributed by atoms with E-state index in [1.807, 2.05) is 0 Å². The average molecular weight is 406 g/mol. The molecule has 9 heteroatoms. The molecule has 2 N–H and O–H groups in total. The van der Waals surface area contributed by atoms with Crippen LogP contribution in [-0.2, 0) is 14.4 Å². The van der Waals surface area contributed by atoms with Crippen LogP contribution in [0.1, 0.15) is 6.92 Å². The SMILES string of the molecule is CC1=C(C(=O)N(C)C)SC2=NC(=O)C(C(=O)Nc3ccc(Cl)cc3)=C(O)C21. The summed E-state index contributed by atoms with van der Waals surface area (Å²) in [6.45, 7) is 1.68. The largest absolute Gasteiger partial charge is 0.510 e. The summed E-state index contributed by atoms with van der Waals surface area (Å²) in [5.74, 6) is -3.03. The van der Waals surface area contributed by atoms with E-state index in [9.17, 15) is 19.5 Å². The van der Waals surface area contributed by atoms with Gasteiger partial charge in [-0.1, -0.05) is 23.4 Å². The smallest absolute Gasteiger partial charge is 0.286 e. The molecule has 0 aromatic heterocycles. The summed E-state index contributed by atoms with van der Waals surface area (Å²) in [5, 5.41) is 14.0. The molecule has 1 aromatic rings. The maximum absolute atomic E-state index is 12.5. The topological polar surface area (TPSA) is 99.1 Å². The molecule has 0 fully saturated rings. The first-order valence-electron chi connectivity index (χ1n) is 7.94. The third kappa shape index (κ3) is 3.50. The highest BCUT2D eigenvalue weighted by atomic mass is 35.5. The van der Waals surface area contributed by atoms with Crippen molar-refractivity contribution in [1.82, 2.24) is 4.90 Å². The molecular formula is C18H16ClN3O4S. The molecule has 1 unspecified atom stereocenters. The normalized spacial score (nSPS) is 19.0. The van der Waals surface area contributed by atoms with Crippen LogP contribution >= 0.6 is 23.4 Å². The third-order valence-electron chi connectivity index (χ3n) is 4.13. The first-order chi connectivity index (χ1) is 12.7. The lowest BCUT2D eigenvalue weighted by Gasteiger charge is -2.19. The van der Waals surface area contributed by atoms with E-state index in [0.29, 0.717) is 26.2 Å². The number of aliphatic hydroxyl groups excluding tert-OH is 1. The van der Waals surface area contributed by atoms with Crippen molar-refractivity contribution in [3.8, 4) is 0 Å². The number of carbonyl (C=O) groups is 3. The summed E-state index contributed by atoms with van der Waals surface area (Å²) in [6.07, 6.45) is 0. The van der Waals surface area contributed by atoms with Crippen molar-refractivity contribution in [2.24, 2.45) is 10.9 Å². The second-order valence-corrected chi connectivity index (χ2v) is 7.69. The fourth-order valence-electron chi connectivity index (χ4n) is 2.74. The molecule has 2 aliphatic heterocycles. The lowest BCUT2D eigenvalue weighted by Crippen LogP contribution is -2.29. The summed E-state index contributed by atoms with van der Waals surface area (Å²) in [6, 6.07) is 6.32. The Balaban J connectivity index is 1.94. The minimum atomic E-state index is -0.843. The van der Waals surface area contributed by atoms with Gasteiger partial charge in [0.1, 0.15) is 11.3 Å². The van der Waals surface area contributed by atoms with Crippen molar-refractivity contribution < 1.29 is 19.5 Å². The molecule has 27 heavy (non-hydrogen) atoms. The number of nitrogens with one attached hydrogen (secondary N) is 1. The lowest BCUT2D eigenvalue weighted by atomic mass is 9.93. The van der Waals surface area contributed by atoms with Crippen LogP contribution in [0.2, 0.25) is 5.02 Å². The van der Waals surface area contributed by atoms with Crippen molar-refractivity contribution in [2.75, 3.05) is 19.4 Å². The first-order valence-corrected chi connectivity index (χ1v) is 9.13. The monoisotopic (exact) mass is 405 g/mol. The highest BCUT2D eigenvalue weighted by molar-refractivity contribution is 8.18. The van der Waals surface area contributed by atoms with Gasteiger partial charge in [0.05, 0.1) is 15.9 Å². The van der Waals surface area contributed by atoms with Crippen molar-refractivity contribution in [1.29, 1.82) is 0 Å². The van der Waals surface area contributed by atoms with E-state index in [1.165, 1.54) is 4.90 Å². The highest BCUT2D eigenvalue weighted by Gasteiger charge is 2.43. The van der Waals surface area contributed by atoms with E-state index in [2.05, 4.69) is 10.3 Å². The van der Waals surface area contributed by atoms with E-state index in [4.69, 9.17) is 11.6 Å². The van der Waals surface area contributed by atoms with Crippen LogP contribution in [-0.4, -0.2) is 46.9 Å². The number of halogens is 1. The molecule has 0 aliphatic carbocycles. The molecule has 3 amide bonds. The maximum Gasteiger partial charge on any atom is 0.286 e. The number of anilines is 1. The van der Waals surface area contributed by atoms with Gasteiger partial charge in [-0.2, -0.15) is 0 Å². The first kappa shape index (κ1) is 19.2. The Morgan fingerprint density at radius 1 is 1.26 bits per heavy atom. The molecule has 7 nitrogen and oxygen atoms in total. The number of hydrogen-bond acceptors (Lipinski definition) is 5. The van der Waals surface area contributed by atoms with Crippen molar-refractivity contribution in [3.05, 3.63) is 51.1 Å². The number of benzene rings is 1. The van der Waals surface area contributed by atoms with Gasteiger partial charge in [-0.05, 0) is 36.8 Å². The van der Waals surface area contributed by atoms with Gasteiger partial charge >= 0.3 is 0 Å². The van der Waals surface area contributed by atoms with E-state index >= 15 is 0 Å². The van der Waals surface area contributed by atoms with Crippen LogP contribution in [0.4, 0.5) is 5.69 Å². The number of thioether (sulfide) groups is 1. The van der Waals surface area contributed by atoms with E-state index in [0.717, 1.165) is 11.8 Å². The summed E-state index contributed by atoms with van der Waals surface area (Å²) in [5.41, 5.74) is 0.542. The van der Waals surface area contributed by atoms with Crippen molar-refractivity contribution in [2.45, 2.75) is 6.92 Å². The number of rotatable bonds is 3. The zero-order valence-electron chi connectivity index (χ0n) is 14.7. The lowest BCUT2D eigenvalue weighted by molar-refractivity contribution is -0.124. The van der Waals surface area contributed by atoms with Crippen LogP contribution in [0.25, 0.3) is 0 Å². The fourth-order valence-corrected chi connectivity index (χ4v) is 4.15. The number of aliphatic imine (C=N–C) groups is 1. The molecule has 1 aromatic carbocycles. The maximum atomic E-state index is 12.5. The van der Waals surface area contributed by atoms with Gasteiger partial charge < -0.3 is 15.3 Å². The molecule has 3 rings (SSSR count). The molecule has 1 atom stereocenters. The number of nitrogens with zero attached hydrogens (tertiary/aromatic N) is 2. The Kier molecular flexibility index (Phi) is 5.12. The number of fused-ring (bicyclic) bond motifs is 1. The second-order valence-electron chi connectivity index (χ2n) is 6.22. The fraction of sp³-hybridized carbons (Fsp3) is 0.222. The third-order valence-corrected chi connectivity index (χ3v) is 5.62. The highest BCUT2D eigenvalue weighted by Crippen LogP contribution is 2.44. The number of amides is 3. The Hall–Kier alpha value is -2.58. The number of dihydropyridines is 1. The molecule has 0 bridgehead atoms. The molecule has 0 radical (unpaired) electrons. The van der Waals surface area contributed by atoms with Crippen LogP contribution in [0.5, 0.6) is 0 Å². The molecule has 0 spiro atoms. The molecule has 0 saturated heterocycles. The molecule has 2 aliphatic rings. The van der Waals surface area contributed by atoms with Crippen molar-refractivity contribution in [3.63, 3.8) is 0 Å². The van der Waals surface area contributed by atoms with Gasteiger partial charge in [0, 0.05) is 24.8 Å². The van der Waals surface area contributed by atoms with Crippen LogP contribution in [0.3, 0.4) is 0 Å². The Bertz CT molecular complexity index is 948. The van der Waals surface area contributed by atoms with Gasteiger partial charge in [0.2, 0.25) is 0 Å². The predicted molar refractivity (Wildman–Crippen MR) is 105 cm³/mol. The molecular weight excluding hydrogens is 390 g/mol. The second kappa shape index (κ2) is 7.21. The van der Waals surface area contributed by atoms with Gasteiger partial charge in [0.15, 0.2) is 0 Å². The predicted octanol–water partition coefficient (Wildman–Crippen LogP) is 2.75. The van der Waals surface area contributed by atoms with E-state index in [-0.39, 0.29) is 5.91 Å². The average Bonchev–Trinajstić information content (AvgIpc) is 2.92. The quantitative estimate of drug-likeness (QED) is 0.753. The van der Waals surface area contributed by atoms with Gasteiger partial charge in [-0.3, -0.25) is 14.4 Å². The molecule has 140 valence electrons. The zero-order chi connectivity index (χ0) is 19.9. The summed E-state index contributed by atoms with van der Waals surface area (Å²) < 4.78 is 0. The van der Waals surface area contributed by atoms with E-state index < -0.39 is 29.1 Å². The van der Waals surface area contributed by atoms with Crippen LogP contribution in [0, 0.1) is 5.92 Å². The number of aliphatic hydroxyl groups is 1.